The first-order valence-corrected chi connectivity index (χ1v) is 21.7. The Kier molecular flexibility index (Phi) is 8.18. The largest absolute Gasteiger partial charge is 0.455 e. The summed E-state index contributed by atoms with van der Waals surface area (Å²) in [6.45, 7) is 0. The third kappa shape index (κ3) is 5.70. The van der Waals surface area contributed by atoms with E-state index < -0.39 is 0 Å². The van der Waals surface area contributed by atoms with E-state index in [1.807, 2.05) is 18.2 Å². The number of hydrogen-bond acceptors (Lipinski definition) is 3. The normalized spacial score (nSPS) is 11.8. The SMILES string of the molecule is c1ccc(-c2ccc(N(c3ccc(-n4c5ccccc5c5ccccc54)cc3)c3cccc(-c4cccc5c4oc4ccccc45)c3)cc2-c2cccc3c2oc2ccccc23)cc1. The number of rotatable bonds is 7. The van der Waals surface area contributed by atoms with Gasteiger partial charge in [-0.15, -0.1) is 0 Å². The quantitative estimate of drug-likeness (QED) is 0.161. The van der Waals surface area contributed by atoms with Crippen LogP contribution in [-0.4, -0.2) is 4.57 Å². The van der Waals surface area contributed by atoms with Crippen LogP contribution in [0.25, 0.3) is 105 Å². The van der Waals surface area contributed by atoms with Gasteiger partial charge in [0.2, 0.25) is 0 Å². The molecular weight excluding hydrogens is 781 g/mol. The van der Waals surface area contributed by atoms with Crippen LogP contribution in [0.2, 0.25) is 0 Å². The summed E-state index contributed by atoms with van der Waals surface area (Å²) in [6, 6.07) is 82.2. The van der Waals surface area contributed by atoms with Crippen molar-refractivity contribution < 1.29 is 8.83 Å². The van der Waals surface area contributed by atoms with Gasteiger partial charge in [-0.05, 0) is 95.1 Å². The van der Waals surface area contributed by atoms with Crippen molar-refractivity contribution in [2.24, 2.45) is 0 Å². The third-order valence-electron chi connectivity index (χ3n) is 12.8. The van der Waals surface area contributed by atoms with Crippen molar-refractivity contribution in [1.29, 1.82) is 0 Å². The molecule has 0 aliphatic heterocycles. The average Bonchev–Trinajstić information content (AvgIpc) is 4.05. The Balaban J connectivity index is 1.03. The predicted octanol–water partition coefficient (Wildman–Crippen LogP) is 17.1. The molecule has 64 heavy (non-hydrogen) atoms. The zero-order chi connectivity index (χ0) is 42.1. The minimum atomic E-state index is 0.876. The molecule has 0 aliphatic carbocycles. The standard InChI is InChI=1S/C60H38N2O2/c1-2-15-39(16-3-1)45-36-35-44(38-54(45)53-26-14-25-52-50-22-7-11-30-58(50)64-60(52)53)61(41-31-33-42(34-32-41)62-55-27-8-4-19-47(55)48-20-5-9-28-56(48)62)43-18-12-17-40(37-43)46-23-13-24-51-49-21-6-10-29-57(49)63-59(46)51/h1-38H. The van der Waals surface area contributed by atoms with E-state index in [0.717, 1.165) is 100 Å². The van der Waals surface area contributed by atoms with E-state index in [2.05, 4.69) is 222 Å². The first-order chi connectivity index (χ1) is 31.7. The molecule has 0 amide bonds. The minimum absolute atomic E-state index is 0.876. The summed E-state index contributed by atoms with van der Waals surface area (Å²) in [6.07, 6.45) is 0. The van der Waals surface area contributed by atoms with E-state index in [-0.39, 0.29) is 0 Å². The summed E-state index contributed by atoms with van der Waals surface area (Å²) in [4.78, 5) is 2.37. The molecule has 0 atom stereocenters. The smallest absolute Gasteiger partial charge is 0.143 e. The number of para-hydroxylation sites is 6. The lowest BCUT2D eigenvalue weighted by atomic mass is 9.92. The van der Waals surface area contributed by atoms with Gasteiger partial charge in [0.25, 0.3) is 0 Å². The predicted molar refractivity (Wildman–Crippen MR) is 266 cm³/mol. The van der Waals surface area contributed by atoms with Crippen molar-refractivity contribution >= 4 is 82.7 Å². The molecule has 0 fully saturated rings. The highest BCUT2D eigenvalue weighted by molar-refractivity contribution is 6.12. The summed E-state index contributed by atoms with van der Waals surface area (Å²) in [5.74, 6) is 0. The number of fused-ring (bicyclic) bond motifs is 9. The Bertz CT molecular complexity index is 3860. The van der Waals surface area contributed by atoms with Crippen molar-refractivity contribution in [3.8, 4) is 39.1 Å². The van der Waals surface area contributed by atoms with Gasteiger partial charge in [-0.3, -0.25) is 0 Å². The molecule has 0 N–H and O–H groups in total. The maximum Gasteiger partial charge on any atom is 0.143 e. The van der Waals surface area contributed by atoms with Crippen LogP contribution in [0.15, 0.2) is 239 Å². The molecule has 4 heteroatoms. The van der Waals surface area contributed by atoms with Crippen molar-refractivity contribution in [3.05, 3.63) is 231 Å². The number of aromatic nitrogens is 1. The summed E-state index contributed by atoms with van der Waals surface area (Å²) >= 11 is 0. The fourth-order valence-electron chi connectivity index (χ4n) is 9.91. The van der Waals surface area contributed by atoms with Crippen LogP contribution in [0.4, 0.5) is 17.1 Å². The first-order valence-electron chi connectivity index (χ1n) is 21.7. The molecule has 10 aromatic carbocycles. The molecule has 4 nitrogen and oxygen atoms in total. The van der Waals surface area contributed by atoms with Crippen molar-refractivity contribution in [3.63, 3.8) is 0 Å². The van der Waals surface area contributed by atoms with Gasteiger partial charge in [-0.2, -0.15) is 0 Å². The van der Waals surface area contributed by atoms with Crippen molar-refractivity contribution in [2.75, 3.05) is 4.90 Å². The van der Waals surface area contributed by atoms with Crippen molar-refractivity contribution in [2.45, 2.75) is 0 Å². The second-order valence-corrected chi connectivity index (χ2v) is 16.4. The number of hydrogen-bond donors (Lipinski definition) is 0. The zero-order valence-electron chi connectivity index (χ0n) is 34.7. The number of benzene rings is 10. The third-order valence-corrected chi connectivity index (χ3v) is 12.8. The number of furan rings is 2. The molecule has 13 rings (SSSR count). The summed E-state index contributed by atoms with van der Waals surface area (Å²) in [5, 5.41) is 6.92. The minimum Gasteiger partial charge on any atom is -0.455 e. The zero-order valence-corrected chi connectivity index (χ0v) is 34.7. The summed E-state index contributed by atoms with van der Waals surface area (Å²) in [5.41, 5.74) is 16.6. The van der Waals surface area contributed by atoms with E-state index in [9.17, 15) is 0 Å². The van der Waals surface area contributed by atoms with E-state index >= 15 is 0 Å². The number of anilines is 3. The first kappa shape index (κ1) is 36.1. The van der Waals surface area contributed by atoms with Crippen molar-refractivity contribution in [1.82, 2.24) is 4.57 Å². The average molecular weight is 819 g/mol. The second-order valence-electron chi connectivity index (χ2n) is 16.4. The molecule has 300 valence electrons. The summed E-state index contributed by atoms with van der Waals surface area (Å²) < 4.78 is 15.6. The monoisotopic (exact) mass is 818 g/mol. The van der Waals surface area contributed by atoms with Crippen LogP contribution >= 0.6 is 0 Å². The van der Waals surface area contributed by atoms with E-state index in [1.165, 1.54) is 21.8 Å². The van der Waals surface area contributed by atoms with E-state index in [4.69, 9.17) is 8.83 Å². The fraction of sp³-hybridized carbons (Fsp3) is 0. The van der Waals surface area contributed by atoms with Crippen LogP contribution in [0.1, 0.15) is 0 Å². The summed E-state index contributed by atoms with van der Waals surface area (Å²) in [7, 11) is 0. The molecule has 0 saturated heterocycles. The van der Waals surface area contributed by atoms with Gasteiger partial charge < -0.3 is 18.3 Å². The highest BCUT2D eigenvalue weighted by Crippen LogP contribution is 2.45. The molecule has 13 aromatic rings. The molecule has 0 aliphatic rings. The van der Waals surface area contributed by atoms with Crippen LogP contribution in [0.3, 0.4) is 0 Å². The second kappa shape index (κ2) is 14.5. The molecule has 0 radical (unpaired) electrons. The Labute approximate surface area is 369 Å². The van der Waals surface area contributed by atoms with Crippen LogP contribution in [-0.2, 0) is 0 Å². The van der Waals surface area contributed by atoms with E-state index in [0.29, 0.717) is 0 Å². The highest BCUT2D eigenvalue weighted by atomic mass is 16.3. The fourth-order valence-corrected chi connectivity index (χ4v) is 9.91. The van der Waals surface area contributed by atoms with Gasteiger partial charge >= 0.3 is 0 Å². The van der Waals surface area contributed by atoms with Gasteiger partial charge in [0.15, 0.2) is 0 Å². The molecule has 0 unspecified atom stereocenters. The lowest BCUT2D eigenvalue weighted by Gasteiger charge is -2.27. The molecule has 3 aromatic heterocycles. The molecule has 3 heterocycles. The van der Waals surface area contributed by atoms with Crippen LogP contribution in [0.5, 0.6) is 0 Å². The Morgan fingerprint density at radius 1 is 0.297 bits per heavy atom. The Morgan fingerprint density at radius 3 is 1.47 bits per heavy atom. The molecule has 0 saturated carbocycles. The lowest BCUT2D eigenvalue weighted by Crippen LogP contribution is -2.10. The Hall–Kier alpha value is -8.60. The van der Waals surface area contributed by atoms with E-state index in [1.54, 1.807) is 0 Å². The van der Waals surface area contributed by atoms with Gasteiger partial charge in [0, 0.05) is 66.2 Å². The molecule has 0 bridgehead atoms. The van der Waals surface area contributed by atoms with Gasteiger partial charge in [-0.25, -0.2) is 0 Å². The topological polar surface area (TPSA) is 34.5 Å². The maximum absolute atomic E-state index is 6.70. The molecule has 0 spiro atoms. The van der Waals surface area contributed by atoms with Gasteiger partial charge in [0.05, 0.1) is 11.0 Å². The molecular formula is C60H38N2O2. The van der Waals surface area contributed by atoms with Gasteiger partial charge in [0.1, 0.15) is 22.3 Å². The highest BCUT2D eigenvalue weighted by Gasteiger charge is 2.21. The maximum atomic E-state index is 6.70. The lowest BCUT2D eigenvalue weighted by molar-refractivity contribution is 0.669. The van der Waals surface area contributed by atoms with Crippen LogP contribution in [0, 0.1) is 0 Å². The van der Waals surface area contributed by atoms with Crippen LogP contribution < -0.4 is 4.90 Å². The Morgan fingerprint density at radius 2 is 0.797 bits per heavy atom. The van der Waals surface area contributed by atoms with Gasteiger partial charge in [-0.1, -0.05) is 158 Å². The number of nitrogens with zero attached hydrogens (tertiary/aromatic N) is 2.